The summed E-state index contributed by atoms with van der Waals surface area (Å²) in [5.41, 5.74) is 0. The lowest BCUT2D eigenvalue weighted by Gasteiger charge is -2.14. The Labute approximate surface area is 85.2 Å². The van der Waals surface area contributed by atoms with Crippen LogP contribution in [0.4, 0.5) is 0 Å². The van der Waals surface area contributed by atoms with Crippen LogP contribution in [0.1, 0.15) is 42.5 Å². The van der Waals surface area contributed by atoms with E-state index < -0.39 is 0 Å². The molecule has 1 N–H and O–H groups in total. The first kappa shape index (κ1) is 10.7. The number of nitrogens with one attached hydrogen (secondary N) is 1. The monoisotopic (exact) mass is 197 g/mol. The molecule has 1 aromatic heterocycles. The summed E-state index contributed by atoms with van der Waals surface area (Å²) in [6.45, 7) is 7.73. The zero-order valence-corrected chi connectivity index (χ0v) is 9.58. The van der Waals surface area contributed by atoms with Crippen LogP contribution in [0, 0.1) is 6.92 Å². The van der Waals surface area contributed by atoms with E-state index >= 15 is 0 Å². The Hall–Kier alpha value is -0.340. The Morgan fingerprint density at radius 2 is 2.15 bits per heavy atom. The van der Waals surface area contributed by atoms with Gasteiger partial charge in [0.25, 0.3) is 0 Å². The average molecular weight is 197 g/mol. The van der Waals surface area contributed by atoms with Gasteiger partial charge >= 0.3 is 0 Å². The summed E-state index contributed by atoms with van der Waals surface area (Å²) in [7, 11) is 0. The highest BCUT2D eigenvalue weighted by Crippen LogP contribution is 2.24. The molecule has 0 aliphatic carbocycles. The van der Waals surface area contributed by atoms with Crippen LogP contribution in [0.25, 0.3) is 0 Å². The van der Waals surface area contributed by atoms with E-state index in [2.05, 4.69) is 38.2 Å². The van der Waals surface area contributed by atoms with E-state index in [0.29, 0.717) is 6.04 Å². The van der Waals surface area contributed by atoms with Gasteiger partial charge in [-0.15, -0.1) is 11.3 Å². The minimum Gasteiger partial charge on any atom is -0.309 e. The predicted octanol–water partition coefficient (Wildman–Crippen LogP) is 3.51. The van der Waals surface area contributed by atoms with Gasteiger partial charge in [0, 0.05) is 15.8 Å². The molecule has 1 heterocycles. The Morgan fingerprint density at radius 3 is 2.62 bits per heavy atom. The number of rotatable bonds is 5. The first-order valence-corrected chi connectivity index (χ1v) is 5.89. The van der Waals surface area contributed by atoms with Crippen LogP contribution in [0.5, 0.6) is 0 Å². The maximum atomic E-state index is 3.56. The zero-order chi connectivity index (χ0) is 9.68. The molecule has 0 amide bonds. The molecular formula is C11H19NS. The Balaban J connectivity index is 2.56. The second kappa shape index (κ2) is 5.40. The van der Waals surface area contributed by atoms with E-state index in [0.717, 1.165) is 6.54 Å². The maximum Gasteiger partial charge on any atom is 0.0412 e. The van der Waals surface area contributed by atoms with E-state index in [1.807, 2.05) is 11.3 Å². The fraction of sp³-hybridized carbons (Fsp3) is 0.636. The van der Waals surface area contributed by atoms with Crippen molar-refractivity contribution in [2.75, 3.05) is 6.54 Å². The smallest absolute Gasteiger partial charge is 0.0412 e. The predicted molar refractivity (Wildman–Crippen MR) is 60.4 cm³/mol. The molecule has 74 valence electrons. The van der Waals surface area contributed by atoms with Gasteiger partial charge in [-0.25, -0.2) is 0 Å². The van der Waals surface area contributed by atoms with E-state index in [1.54, 1.807) is 0 Å². The molecule has 0 bridgehead atoms. The fourth-order valence-electron chi connectivity index (χ4n) is 1.41. The molecule has 1 unspecified atom stereocenters. The first-order valence-electron chi connectivity index (χ1n) is 5.07. The summed E-state index contributed by atoms with van der Waals surface area (Å²) in [6, 6.07) is 5.02. The average Bonchev–Trinajstić information content (AvgIpc) is 2.54. The summed E-state index contributed by atoms with van der Waals surface area (Å²) in [4.78, 5) is 2.89. The molecule has 0 aliphatic rings. The molecule has 1 nitrogen and oxygen atoms in total. The summed E-state index contributed by atoms with van der Waals surface area (Å²) in [5, 5.41) is 3.56. The lowest BCUT2D eigenvalue weighted by Crippen LogP contribution is -2.20. The van der Waals surface area contributed by atoms with Crippen LogP contribution in [0.15, 0.2) is 12.1 Å². The molecule has 1 atom stereocenters. The van der Waals surface area contributed by atoms with Gasteiger partial charge in [-0.05, 0) is 38.4 Å². The lowest BCUT2D eigenvalue weighted by atomic mass is 10.2. The van der Waals surface area contributed by atoms with Crippen LogP contribution >= 0.6 is 11.3 Å². The van der Waals surface area contributed by atoms with Gasteiger partial charge in [0.1, 0.15) is 0 Å². The van der Waals surface area contributed by atoms with Gasteiger partial charge in [0.2, 0.25) is 0 Å². The molecule has 1 rings (SSSR count). The SMILES string of the molecule is CCCNC(CC)c1ccc(C)s1. The number of hydrogen-bond acceptors (Lipinski definition) is 2. The molecule has 0 fully saturated rings. The maximum absolute atomic E-state index is 3.56. The molecule has 13 heavy (non-hydrogen) atoms. The summed E-state index contributed by atoms with van der Waals surface area (Å²) in [5.74, 6) is 0. The number of hydrogen-bond donors (Lipinski definition) is 1. The minimum absolute atomic E-state index is 0.568. The molecule has 0 spiro atoms. The third kappa shape index (κ3) is 3.12. The highest BCUT2D eigenvalue weighted by molar-refractivity contribution is 7.12. The van der Waals surface area contributed by atoms with Gasteiger partial charge in [0.05, 0.1) is 0 Å². The molecule has 0 aliphatic heterocycles. The molecule has 0 saturated carbocycles. The van der Waals surface area contributed by atoms with Gasteiger partial charge in [0.15, 0.2) is 0 Å². The zero-order valence-electron chi connectivity index (χ0n) is 8.76. The van der Waals surface area contributed by atoms with Crippen molar-refractivity contribution in [3.63, 3.8) is 0 Å². The minimum atomic E-state index is 0.568. The topological polar surface area (TPSA) is 12.0 Å². The standard InChI is InChI=1S/C11H19NS/c1-4-8-12-10(5-2)11-7-6-9(3)13-11/h6-7,10,12H,4-5,8H2,1-3H3. The van der Waals surface area contributed by atoms with Crippen molar-refractivity contribution >= 4 is 11.3 Å². The fourth-order valence-corrected chi connectivity index (χ4v) is 2.44. The van der Waals surface area contributed by atoms with Gasteiger partial charge in [-0.2, -0.15) is 0 Å². The van der Waals surface area contributed by atoms with E-state index in [1.165, 1.54) is 22.6 Å². The first-order chi connectivity index (χ1) is 6.27. The van der Waals surface area contributed by atoms with Crippen LogP contribution in [0.2, 0.25) is 0 Å². The van der Waals surface area contributed by atoms with E-state index in [9.17, 15) is 0 Å². The van der Waals surface area contributed by atoms with Crippen molar-refractivity contribution in [2.24, 2.45) is 0 Å². The second-order valence-electron chi connectivity index (χ2n) is 3.36. The van der Waals surface area contributed by atoms with Crippen LogP contribution in [0.3, 0.4) is 0 Å². The van der Waals surface area contributed by atoms with Crippen molar-refractivity contribution in [1.29, 1.82) is 0 Å². The van der Waals surface area contributed by atoms with Gasteiger partial charge < -0.3 is 5.32 Å². The molecule has 0 saturated heterocycles. The van der Waals surface area contributed by atoms with E-state index in [4.69, 9.17) is 0 Å². The van der Waals surface area contributed by atoms with Gasteiger partial charge in [-0.3, -0.25) is 0 Å². The summed E-state index contributed by atoms with van der Waals surface area (Å²) < 4.78 is 0. The second-order valence-corrected chi connectivity index (χ2v) is 4.68. The van der Waals surface area contributed by atoms with Crippen molar-refractivity contribution in [3.8, 4) is 0 Å². The molecule has 0 aromatic carbocycles. The van der Waals surface area contributed by atoms with E-state index in [-0.39, 0.29) is 0 Å². The highest BCUT2D eigenvalue weighted by Gasteiger charge is 2.09. The Morgan fingerprint density at radius 1 is 1.38 bits per heavy atom. The third-order valence-electron chi connectivity index (χ3n) is 2.15. The van der Waals surface area contributed by atoms with Crippen molar-refractivity contribution in [2.45, 2.75) is 39.7 Å². The van der Waals surface area contributed by atoms with Crippen LogP contribution in [-0.2, 0) is 0 Å². The number of aryl methyl sites for hydroxylation is 1. The Bertz CT molecular complexity index is 242. The van der Waals surface area contributed by atoms with Crippen LogP contribution in [-0.4, -0.2) is 6.54 Å². The molecular weight excluding hydrogens is 178 g/mol. The lowest BCUT2D eigenvalue weighted by molar-refractivity contribution is 0.525. The van der Waals surface area contributed by atoms with Crippen molar-refractivity contribution in [3.05, 3.63) is 21.9 Å². The van der Waals surface area contributed by atoms with Crippen molar-refractivity contribution in [1.82, 2.24) is 5.32 Å². The summed E-state index contributed by atoms with van der Waals surface area (Å²) >= 11 is 1.91. The molecule has 0 radical (unpaired) electrons. The van der Waals surface area contributed by atoms with Crippen LogP contribution < -0.4 is 5.32 Å². The third-order valence-corrected chi connectivity index (χ3v) is 3.27. The van der Waals surface area contributed by atoms with Gasteiger partial charge in [-0.1, -0.05) is 13.8 Å². The molecule has 2 heteroatoms. The molecule has 1 aromatic rings. The Kier molecular flexibility index (Phi) is 4.46. The largest absolute Gasteiger partial charge is 0.309 e. The van der Waals surface area contributed by atoms with Crippen molar-refractivity contribution < 1.29 is 0 Å². The number of thiophene rings is 1. The summed E-state index contributed by atoms with van der Waals surface area (Å²) in [6.07, 6.45) is 2.39. The highest BCUT2D eigenvalue weighted by atomic mass is 32.1. The normalized spacial score (nSPS) is 13.2. The quantitative estimate of drug-likeness (QED) is 0.761.